The Balaban J connectivity index is 1.10. The Labute approximate surface area is 310 Å². The molecule has 0 radical (unpaired) electrons. The van der Waals surface area contributed by atoms with Gasteiger partial charge >= 0.3 is 0 Å². The number of furan rings is 1. The predicted molar refractivity (Wildman–Crippen MR) is 227 cm³/mol. The standard InChI is InChI=1S/C50H31NOS/c1-2-13-38(14-3-1)51(39-23-20-33(21-24-39)35-19-18-32-10-4-5-11-34(32)28-35)40-25-26-46-45(31-40)49-43(29-36-12-6-7-15-41(36)50(49)52-46)37-22-27-48-44(30-37)42-16-8-9-17-47(42)53-48/h1-31H. The summed E-state index contributed by atoms with van der Waals surface area (Å²) in [6.07, 6.45) is 0. The van der Waals surface area contributed by atoms with Crippen LogP contribution in [0.4, 0.5) is 17.1 Å². The van der Waals surface area contributed by atoms with Crippen LogP contribution >= 0.6 is 11.3 Å². The molecule has 3 heteroatoms. The fraction of sp³-hybridized carbons (Fsp3) is 0. The van der Waals surface area contributed by atoms with E-state index in [9.17, 15) is 0 Å². The van der Waals surface area contributed by atoms with Gasteiger partial charge in [-0.3, -0.25) is 0 Å². The van der Waals surface area contributed by atoms with Crippen LogP contribution in [0.3, 0.4) is 0 Å². The van der Waals surface area contributed by atoms with E-state index in [1.807, 2.05) is 11.3 Å². The minimum atomic E-state index is 0.878. The molecule has 0 bridgehead atoms. The number of nitrogens with zero attached hydrogens (tertiary/aromatic N) is 1. The molecule has 0 saturated carbocycles. The van der Waals surface area contributed by atoms with Crippen LogP contribution in [0.25, 0.3) is 85.9 Å². The number of fused-ring (bicyclic) bond motifs is 9. The Hall–Kier alpha value is -6.68. The number of anilines is 3. The van der Waals surface area contributed by atoms with Crippen molar-refractivity contribution in [2.75, 3.05) is 4.90 Å². The molecule has 11 aromatic rings. The SMILES string of the molecule is c1ccc(N(c2ccc(-c3ccc4ccccc4c3)cc2)c2ccc3oc4c5ccccc5cc(-c5ccc6sc7ccccc7c6c5)c4c3c2)cc1. The number of rotatable bonds is 5. The van der Waals surface area contributed by atoms with E-state index in [1.165, 1.54) is 58.6 Å². The van der Waals surface area contributed by atoms with Crippen molar-refractivity contribution in [2.24, 2.45) is 0 Å². The highest BCUT2D eigenvalue weighted by Crippen LogP contribution is 2.45. The zero-order chi connectivity index (χ0) is 34.9. The summed E-state index contributed by atoms with van der Waals surface area (Å²) in [7, 11) is 0. The minimum Gasteiger partial charge on any atom is -0.455 e. The Morgan fingerprint density at radius 3 is 1.91 bits per heavy atom. The molecule has 0 aliphatic rings. The lowest BCUT2D eigenvalue weighted by molar-refractivity contribution is 0.673. The second-order valence-electron chi connectivity index (χ2n) is 13.7. The molecular formula is C50H31NOS. The molecule has 0 atom stereocenters. The van der Waals surface area contributed by atoms with Gasteiger partial charge in [-0.05, 0) is 111 Å². The highest BCUT2D eigenvalue weighted by atomic mass is 32.1. The second-order valence-corrected chi connectivity index (χ2v) is 14.8. The average Bonchev–Trinajstić information content (AvgIpc) is 3.80. The van der Waals surface area contributed by atoms with Gasteiger partial charge < -0.3 is 9.32 Å². The number of hydrogen-bond acceptors (Lipinski definition) is 3. The molecule has 2 nitrogen and oxygen atoms in total. The zero-order valence-electron chi connectivity index (χ0n) is 28.7. The Morgan fingerprint density at radius 1 is 0.377 bits per heavy atom. The van der Waals surface area contributed by atoms with E-state index in [1.54, 1.807) is 0 Å². The molecule has 9 aromatic carbocycles. The average molecular weight is 694 g/mol. The highest BCUT2D eigenvalue weighted by molar-refractivity contribution is 7.25. The summed E-state index contributed by atoms with van der Waals surface area (Å²) in [4.78, 5) is 2.34. The van der Waals surface area contributed by atoms with E-state index in [2.05, 4.69) is 193 Å². The molecule has 0 unspecified atom stereocenters. The van der Waals surface area contributed by atoms with Crippen molar-refractivity contribution in [1.29, 1.82) is 0 Å². The minimum absolute atomic E-state index is 0.878. The summed E-state index contributed by atoms with van der Waals surface area (Å²) in [6.45, 7) is 0. The molecule has 0 fully saturated rings. The predicted octanol–water partition coefficient (Wildman–Crippen LogP) is 15.1. The second kappa shape index (κ2) is 11.9. The third-order valence-corrected chi connectivity index (χ3v) is 11.8. The van der Waals surface area contributed by atoms with Crippen molar-refractivity contribution in [1.82, 2.24) is 0 Å². The van der Waals surface area contributed by atoms with Crippen molar-refractivity contribution in [3.63, 3.8) is 0 Å². The Morgan fingerprint density at radius 2 is 1.04 bits per heavy atom. The lowest BCUT2D eigenvalue weighted by Gasteiger charge is -2.25. The number of para-hydroxylation sites is 1. The van der Waals surface area contributed by atoms with Crippen LogP contribution in [0, 0.1) is 0 Å². The van der Waals surface area contributed by atoms with Gasteiger partial charge in [-0.15, -0.1) is 11.3 Å². The largest absolute Gasteiger partial charge is 0.455 e. The maximum absolute atomic E-state index is 6.80. The lowest BCUT2D eigenvalue weighted by atomic mass is 9.94. The van der Waals surface area contributed by atoms with E-state index in [-0.39, 0.29) is 0 Å². The highest BCUT2D eigenvalue weighted by Gasteiger charge is 2.20. The summed E-state index contributed by atoms with van der Waals surface area (Å²) in [6, 6.07) is 68.0. The van der Waals surface area contributed by atoms with E-state index < -0.39 is 0 Å². The third kappa shape index (κ3) is 4.93. The van der Waals surface area contributed by atoms with Gasteiger partial charge in [-0.2, -0.15) is 0 Å². The molecule has 53 heavy (non-hydrogen) atoms. The summed E-state index contributed by atoms with van der Waals surface area (Å²) in [5, 5.41) is 9.62. The Bertz CT molecular complexity index is 3170. The summed E-state index contributed by atoms with van der Waals surface area (Å²) < 4.78 is 9.41. The molecule has 2 aromatic heterocycles. The van der Waals surface area contributed by atoms with Gasteiger partial charge in [0.2, 0.25) is 0 Å². The molecule has 11 rings (SSSR count). The van der Waals surface area contributed by atoms with E-state index >= 15 is 0 Å². The molecule has 0 spiro atoms. The van der Waals surface area contributed by atoms with Crippen LogP contribution < -0.4 is 4.90 Å². The van der Waals surface area contributed by atoms with Crippen molar-refractivity contribution >= 4 is 92.1 Å². The van der Waals surface area contributed by atoms with Crippen molar-refractivity contribution in [2.45, 2.75) is 0 Å². The topological polar surface area (TPSA) is 16.4 Å². The number of thiophene rings is 1. The monoisotopic (exact) mass is 693 g/mol. The molecule has 248 valence electrons. The van der Waals surface area contributed by atoms with Gasteiger partial charge in [-0.25, -0.2) is 0 Å². The van der Waals surface area contributed by atoms with Crippen molar-refractivity contribution < 1.29 is 4.42 Å². The fourth-order valence-electron chi connectivity index (χ4n) is 8.06. The first-order chi connectivity index (χ1) is 26.2. The first kappa shape index (κ1) is 30.0. The van der Waals surface area contributed by atoms with Gasteiger partial charge in [0.25, 0.3) is 0 Å². The smallest absolute Gasteiger partial charge is 0.143 e. The normalized spacial score (nSPS) is 11.8. The van der Waals surface area contributed by atoms with Crippen molar-refractivity contribution in [3.8, 4) is 22.3 Å². The van der Waals surface area contributed by atoms with Crippen LogP contribution in [0.5, 0.6) is 0 Å². The number of hydrogen-bond donors (Lipinski definition) is 0. The van der Waals surface area contributed by atoms with E-state index in [0.29, 0.717) is 0 Å². The fourth-order valence-corrected chi connectivity index (χ4v) is 9.14. The maximum Gasteiger partial charge on any atom is 0.143 e. The van der Waals surface area contributed by atoms with Gasteiger partial charge in [0.05, 0.1) is 0 Å². The zero-order valence-corrected chi connectivity index (χ0v) is 29.5. The molecule has 0 amide bonds. The van der Waals surface area contributed by atoms with Crippen LogP contribution in [0.1, 0.15) is 0 Å². The van der Waals surface area contributed by atoms with Crippen LogP contribution in [-0.2, 0) is 0 Å². The first-order valence-electron chi connectivity index (χ1n) is 18.0. The molecule has 0 N–H and O–H groups in total. The van der Waals surface area contributed by atoms with Gasteiger partial charge in [-0.1, -0.05) is 115 Å². The van der Waals surface area contributed by atoms with Gasteiger partial charge in [0, 0.05) is 53.4 Å². The van der Waals surface area contributed by atoms with Crippen molar-refractivity contribution in [3.05, 3.63) is 188 Å². The quantitative estimate of drug-likeness (QED) is 0.178. The lowest BCUT2D eigenvalue weighted by Crippen LogP contribution is -2.09. The van der Waals surface area contributed by atoms with Gasteiger partial charge in [0.1, 0.15) is 11.2 Å². The summed E-state index contributed by atoms with van der Waals surface area (Å²) in [5.41, 5.74) is 9.83. The molecule has 0 saturated heterocycles. The Kier molecular flexibility index (Phi) is 6.76. The summed E-state index contributed by atoms with van der Waals surface area (Å²) in [5.74, 6) is 0. The van der Waals surface area contributed by atoms with Crippen LogP contribution in [-0.4, -0.2) is 0 Å². The molecular weight excluding hydrogens is 663 g/mol. The van der Waals surface area contributed by atoms with Crippen LogP contribution in [0.15, 0.2) is 192 Å². The van der Waals surface area contributed by atoms with E-state index in [0.717, 1.165) is 44.4 Å². The first-order valence-corrected chi connectivity index (χ1v) is 18.8. The summed E-state index contributed by atoms with van der Waals surface area (Å²) >= 11 is 1.85. The van der Waals surface area contributed by atoms with E-state index in [4.69, 9.17) is 4.42 Å². The number of benzene rings is 9. The molecule has 0 aliphatic heterocycles. The third-order valence-electron chi connectivity index (χ3n) is 10.6. The van der Waals surface area contributed by atoms with Gasteiger partial charge in [0.15, 0.2) is 0 Å². The molecule has 2 heterocycles. The molecule has 0 aliphatic carbocycles. The van der Waals surface area contributed by atoms with Crippen LogP contribution in [0.2, 0.25) is 0 Å². The maximum atomic E-state index is 6.80.